The van der Waals surface area contributed by atoms with E-state index in [1.54, 1.807) is 33.7 Å². The Morgan fingerprint density at radius 1 is 0.979 bits per heavy atom. The first-order valence-corrected chi connectivity index (χ1v) is 14.9. The average Bonchev–Trinajstić information content (AvgIpc) is 3.41. The molecule has 2 aromatic carbocycles. The topological polar surface area (TPSA) is 195 Å². The van der Waals surface area contributed by atoms with E-state index in [2.05, 4.69) is 18.2 Å². The highest BCUT2D eigenvalue weighted by Gasteiger charge is 2.43. The van der Waals surface area contributed by atoms with Crippen LogP contribution in [0.1, 0.15) is 43.1 Å². The normalized spacial score (nSPS) is 16.6. The van der Waals surface area contributed by atoms with E-state index >= 15 is 0 Å². The molecule has 4 rings (SSSR count). The number of carboxylic acids is 3. The monoisotopic (exact) mass is 673 g/mol. The Kier molecular flexibility index (Phi) is 10.4. The van der Waals surface area contributed by atoms with Crippen LogP contribution >= 0.6 is 23.2 Å². The standard InChI is InChI=1S/C33H26Cl2N6O6/c1-33(10-11-36)22-14-21(18-38)2-5-25(22)39(12-8-30(42)43)28(33)6-3-20(17-37)4-7-29-40(13-9-31(44)45)26-15-23(34)24(35)16-27(26)41(29)19-32(46)47/h2-7,14-16H,8-10,12-13,19H2,1H3,(H2-,42,43,44,45,46,47)/p+1. The Labute approximate surface area is 279 Å². The fourth-order valence-corrected chi connectivity index (χ4v) is 5.97. The number of imidazole rings is 1. The van der Waals surface area contributed by atoms with E-state index in [4.69, 9.17) is 23.2 Å². The van der Waals surface area contributed by atoms with E-state index in [0.717, 1.165) is 0 Å². The van der Waals surface area contributed by atoms with Gasteiger partial charge in [0.15, 0.2) is 17.6 Å². The fraction of sp³-hybridized carbons (Fsp3) is 0.242. The lowest BCUT2D eigenvalue weighted by Crippen LogP contribution is -2.40. The van der Waals surface area contributed by atoms with Crippen molar-refractivity contribution in [3.05, 3.63) is 86.8 Å². The molecule has 0 amide bonds. The number of halogens is 2. The third-order valence-electron chi connectivity index (χ3n) is 7.81. The van der Waals surface area contributed by atoms with Crippen LogP contribution in [0.2, 0.25) is 10.0 Å². The molecule has 0 fully saturated rings. The third-order valence-corrected chi connectivity index (χ3v) is 8.53. The summed E-state index contributed by atoms with van der Waals surface area (Å²) in [4.78, 5) is 36.6. The number of aliphatic carboxylic acids is 3. The van der Waals surface area contributed by atoms with Crippen LogP contribution in [-0.2, 0) is 32.9 Å². The summed E-state index contributed by atoms with van der Waals surface area (Å²) in [5.41, 5.74) is 2.23. The highest BCUT2D eigenvalue weighted by Crippen LogP contribution is 2.50. The molecule has 1 aromatic heterocycles. The highest BCUT2D eigenvalue weighted by molar-refractivity contribution is 6.42. The van der Waals surface area contributed by atoms with Crippen LogP contribution in [-0.4, -0.2) is 44.3 Å². The van der Waals surface area contributed by atoms with E-state index in [-0.39, 0.29) is 53.8 Å². The van der Waals surface area contributed by atoms with Gasteiger partial charge in [0.05, 0.1) is 58.7 Å². The van der Waals surface area contributed by atoms with Crippen molar-refractivity contribution in [3.63, 3.8) is 0 Å². The molecular weight excluding hydrogens is 647 g/mol. The maximum Gasteiger partial charge on any atom is 0.346 e. The van der Waals surface area contributed by atoms with Crippen molar-refractivity contribution in [2.75, 3.05) is 11.4 Å². The number of hydrogen-bond donors (Lipinski definition) is 3. The quantitative estimate of drug-likeness (QED) is 0.131. The van der Waals surface area contributed by atoms with Crippen LogP contribution in [0, 0.1) is 34.0 Å². The van der Waals surface area contributed by atoms with Gasteiger partial charge in [-0.05, 0) is 48.9 Å². The molecule has 238 valence electrons. The molecule has 0 saturated carbocycles. The Morgan fingerprint density at radius 3 is 2.28 bits per heavy atom. The van der Waals surface area contributed by atoms with Gasteiger partial charge in [-0.1, -0.05) is 23.2 Å². The number of carbonyl (C=O) groups is 3. The fourth-order valence-electron chi connectivity index (χ4n) is 5.65. The first kappa shape index (κ1) is 34.3. The molecule has 0 saturated heterocycles. The van der Waals surface area contributed by atoms with Gasteiger partial charge in [-0.3, -0.25) is 9.59 Å². The van der Waals surface area contributed by atoms with Crippen LogP contribution in [0.15, 0.2) is 59.8 Å². The number of carboxylic acid groups (broad SMARTS) is 3. The minimum atomic E-state index is -1.17. The summed E-state index contributed by atoms with van der Waals surface area (Å²) in [6.45, 7) is 1.33. The average molecular weight is 675 g/mol. The van der Waals surface area contributed by atoms with Crippen LogP contribution < -0.4 is 9.47 Å². The lowest BCUT2D eigenvalue weighted by atomic mass is 9.78. The summed E-state index contributed by atoms with van der Waals surface area (Å²) in [5, 5.41) is 58.1. The maximum atomic E-state index is 11.8. The van der Waals surface area contributed by atoms with Gasteiger partial charge in [0, 0.05) is 41.6 Å². The number of nitrogens with zero attached hydrogens (tertiary/aromatic N) is 6. The van der Waals surface area contributed by atoms with Gasteiger partial charge in [0.25, 0.3) is 5.82 Å². The summed E-state index contributed by atoms with van der Waals surface area (Å²) >= 11 is 12.5. The smallest absolute Gasteiger partial charge is 0.346 e. The number of hydrogen-bond acceptors (Lipinski definition) is 7. The molecule has 3 aromatic rings. The first-order chi connectivity index (χ1) is 22.3. The Morgan fingerprint density at radius 2 is 1.66 bits per heavy atom. The molecular formula is C33H27Cl2N6O6+. The van der Waals surface area contributed by atoms with E-state index < -0.39 is 29.9 Å². The molecule has 0 bridgehead atoms. The molecule has 1 atom stereocenters. The molecule has 1 aliphatic rings. The number of fused-ring (bicyclic) bond motifs is 2. The third kappa shape index (κ3) is 7.13. The Hall–Kier alpha value is -5.61. The van der Waals surface area contributed by atoms with E-state index in [1.165, 1.54) is 34.9 Å². The molecule has 1 unspecified atom stereocenters. The second-order valence-corrected chi connectivity index (χ2v) is 11.6. The second-order valence-electron chi connectivity index (χ2n) is 10.8. The predicted molar refractivity (Wildman–Crippen MR) is 171 cm³/mol. The molecule has 0 radical (unpaired) electrons. The first-order valence-electron chi connectivity index (χ1n) is 14.1. The van der Waals surface area contributed by atoms with E-state index in [0.29, 0.717) is 33.5 Å². The van der Waals surface area contributed by atoms with E-state index in [1.807, 2.05) is 6.92 Å². The molecule has 3 N–H and O–H groups in total. The number of aryl methyl sites for hydroxylation is 1. The van der Waals surface area contributed by atoms with Crippen molar-refractivity contribution in [1.29, 1.82) is 15.8 Å². The van der Waals surface area contributed by atoms with Crippen molar-refractivity contribution in [1.82, 2.24) is 4.57 Å². The summed E-state index contributed by atoms with van der Waals surface area (Å²) in [6, 6.07) is 14.3. The Bertz CT molecular complexity index is 2030. The number of rotatable bonds is 12. The van der Waals surface area contributed by atoms with Gasteiger partial charge in [0.2, 0.25) is 0 Å². The number of aromatic nitrogens is 2. The van der Waals surface area contributed by atoms with Crippen molar-refractivity contribution in [2.24, 2.45) is 0 Å². The zero-order valence-electron chi connectivity index (χ0n) is 24.9. The summed E-state index contributed by atoms with van der Waals surface area (Å²) < 4.78 is 3.00. The predicted octanol–water partition coefficient (Wildman–Crippen LogP) is 5.18. The minimum Gasteiger partial charge on any atom is -0.481 e. The van der Waals surface area contributed by atoms with Crippen LogP contribution in [0.4, 0.5) is 5.69 Å². The van der Waals surface area contributed by atoms with Crippen molar-refractivity contribution in [3.8, 4) is 18.2 Å². The van der Waals surface area contributed by atoms with Crippen molar-refractivity contribution in [2.45, 2.75) is 44.7 Å². The summed E-state index contributed by atoms with van der Waals surface area (Å²) in [6.07, 6.45) is 5.53. The van der Waals surface area contributed by atoms with E-state index in [9.17, 15) is 45.5 Å². The van der Waals surface area contributed by atoms with Crippen LogP contribution in [0.3, 0.4) is 0 Å². The number of benzene rings is 2. The number of nitriles is 3. The number of allylic oxidation sites excluding steroid dienone is 5. The van der Waals surface area contributed by atoms with Gasteiger partial charge >= 0.3 is 17.9 Å². The lowest BCUT2D eigenvalue weighted by Gasteiger charge is -2.28. The SMILES string of the molecule is CC1(CC#N)\C(=C/C=C(C#N)/C=C/c2n(CCC(=O)O)c3cc(Cl)c(Cl)cc3[n+]2CC(=O)O)N(CCC(=O)O)c2ccc(C#N)cc21. The van der Waals surface area contributed by atoms with Crippen molar-refractivity contribution >= 4 is 63.9 Å². The molecule has 1 aliphatic heterocycles. The largest absolute Gasteiger partial charge is 0.481 e. The zero-order valence-corrected chi connectivity index (χ0v) is 26.5. The Balaban J connectivity index is 1.88. The molecule has 12 nitrogen and oxygen atoms in total. The lowest BCUT2D eigenvalue weighted by molar-refractivity contribution is -0.662. The van der Waals surface area contributed by atoms with Gasteiger partial charge in [-0.2, -0.15) is 15.8 Å². The van der Waals surface area contributed by atoms with Gasteiger partial charge in [-0.15, -0.1) is 0 Å². The van der Waals surface area contributed by atoms with Crippen molar-refractivity contribution < 1.29 is 34.3 Å². The van der Waals surface area contributed by atoms with Gasteiger partial charge in [-0.25, -0.2) is 13.9 Å². The second kappa shape index (κ2) is 14.2. The van der Waals surface area contributed by atoms with Crippen LogP contribution in [0.25, 0.3) is 17.1 Å². The molecule has 47 heavy (non-hydrogen) atoms. The number of anilines is 1. The molecule has 0 spiro atoms. The van der Waals surface area contributed by atoms with Gasteiger partial charge in [0.1, 0.15) is 6.54 Å². The molecule has 2 heterocycles. The van der Waals surface area contributed by atoms with Crippen LogP contribution in [0.5, 0.6) is 0 Å². The molecule has 14 heteroatoms. The van der Waals surface area contributed by atoms with Gasteiger partial charge < -0.3 is 20.2 Å². The maximum absolute atomic E-state index is 11.8. The summed E-state index contributed by atoms with van der Waals surface area (Å²) in [5.74, 6) is -3.01. The zero-order chi connectivity index (χ0) is 34.5. The summed E-state index contributed by atoms with van der Waals surface area (Å²) in [7, 11) is 0. The highest BCUT2D eigenvalue weighted by atomic mass is 35.5. The minimum absolute atomic E-state index is 0.000156. The molecule has 0 aliphatic carbocycles.